The van der Waals surface area contributed by atoms with Crippen molar-refractivity contribution in [1.82, 2.24) is 4.90 Å². The highest BCUT2D eigenvalue weighted by Gasteiger charge is 2.63. The first kappa shape index (κ1) is 17.1. The number of carbonyl (C=O) groups is 1. The zero-order valence-electron chi connectivity index (χ0n) is 14.2. The quantitative estimate of drug-likeness (QED) is 0.872. The molecule has 1 saturated heterocycles. The molecule has 2 aliphatic heterocycles. The largest absolute Gasteiger partial charge is 0.368 e. The van der Waals surface area contributed by atoms with Crippen LogP contribution in [0.15, 0.2) is 54.7 Å². The minimum Gasteiger partial charge on any atom is -0.368 e. The van der Waals surface area contributed by atoms with E-state index in [1.165, 1.54) is 0 Å². The number of halogens is 1. The Kier molecular flexibility index (Phi) is 3.91. The third-order valence-corrected chi connectivity index (χ3v) is 5.72. The third kappa shape index (κ3) is 2.33. The Morgan fingerprint density at radius 3 is 2.41 bits per heavy atom. The summed E-state index contributed by atoms with van der Waals surface area (Å²) in [6.45, 7) is 0. The second-order valence-corrected chi connectivity index (χ2v) is 7.20. The van der Waals surface area contributed by atoms with Crippen LogP contribution in [0.3, 0.4) is 0 Å². The minimum absolute atomic E-state index is 0.537. The molecule has 0 bridgehead atoms. The maximum atomic E-state index is 12.4. The molecular weight excluding hydrogens is 360 g/mol. The average Bonchev–Trinajstić information content (AvgIpc) is 3.00. The topological polar surface area (TPSA) is 93.9 Å². The van der Waals surface area contributed by atoms with Crippen LogP contribution >= 0.6 is 11.6 Å². The Morgan fingerprint density at radius 1 is 1.11 bits per heavy atom. The van der Waals surface area contributed by atoms with E-state index >= 15 is 0 Å². The summed E-state index contributed by atoms with van der Waals surface area (Å²) < 4.78 is 0. The van der Waals surface area contributed by atoms with Crippen LogP contribution in [0.2, 0.25) is 5.02 Å². The SMILES string of the molecule is N#CC1(C#N)C(c2ccc(Cl)cc2)C(C(N)=O)N2C=Cc3ccccc3C21. The molecule has 0 aliphatic carbocycles. The normalized spacial score (nSPS) is 24.4. The number of benzene rings is 2. The first-order chi connectivity index (χ1) is 13.0. The van der Waals surface area contributed by atoms with Crippen LogP contribution in [0.5, 0.6) is 0 Å². The van der Waals surface area contributed by atoms with E-state index in [9.17, 15) is 15.3 Å². The maximum absolute atomic E-state index is 12.4. The van der Waals surface area contributed by atoms with Crippen LogP contribution in [0, 0.1) is 28.1 Å². The molecule has 2 aromatic carbocycles. The first-order valence-electron chi connectivity index (χ1n) is 8.45. The fraction of sp³-hybridized carbons (Fsp3) is 0.190. The van der Waals surface area contributed by atoms with Crippen molar-refractivity contribution in [2.24, 2.45) is 11.1 Å². The molecule has 0 radical (unpaired) electrons. The highest BCUT2D eigenvalue weighted by Crippen LogP contribution is 2.59. The van der Waals surface area contributed by atoms with E-state index in [2.05, 4.69) is 12.1 Å². The molecule has 27 heavy (non-hydrogen) atoms. The number of fused-ring (bicyclic) bond motifs is 3. The Bertz CT molecular complexity index is 1020. The summed E-state index contributed by atoms with van der Waals surface area (Å²) >= 11 is 6.00. The van der Waals surface area contributed by atoms with Crippen LogP contribution in [-0.4, -0.2) is 16.8 Å². The molecule has 3 atom stereocenters. The fourth-order valence-electron chi connectivity index (χ4n) is 4.36. The van der Waals surface area contributed by atoms with Crippen molar-refractivity contribution in [1.29, 1.82) is 10.5 Å². The summed E-state index contributed by atoms with van der Waals surface area (Å²) in [4.78, 5) is 14.2. The summed E-state index contributed by atoms with van der Waals surface area (Å²) in [5, 5.41) is 20.9. The highest BCUT2D eigenvalue weighted by molar-refractivity contribution is 6.30. The molecule has 0 saturated carbocycles. The smallest absolute Gasteiger partial charge is 0.240 e. The van der Waals surface area contributed by atoms with Gasteiger partial charge in [-0.3, -0.25) is 4.79 Å². The van der Waals surface area contributed by atoms with E-state index in [4.69, 9.17) is 17.3 Å². The van der Waals surface area contributed by atoms with Gasteiger partial charge in [0, 0.05) is 17.1 Å². The van der Waals surface area contributed by atoms with Crippen molar-refractivity contribution in [3.05, 3.63) is 76.4 Å². The maximum Gasteiger partial charge on any atom is 0.240 e. The van der Waals surface area contributed by atoms with E-state index in [0.29, 0.717) is 10.6 Å². The molecule has 2 heterocycles. The molecular formula is C21H15ClN4O. The van der Waals surface area contributed by atoms with Crippen molar-refractivity contribution in [2.75, 3.05) is 0 Å². The fourth-order valence-corrected chi connectivity index (χ4v) is 4.49. The Balaban J connectivity index is 2.00. The number of hydrogen-bond donors (Lipinski definition) is 1. The van der Waals surface area contributed by atoms with E-state index in [0.717, 1.165) is 11.1 Å². The molecule has 1 amide bonds. The van der Waals surface area contributed by atoms with E-state index in [-0.39, 0.29) is 0 Å². The lowest BCUT2D eigenvalue weighted by atomic mass is 9.68. The molecule has 0 spiro atoms. The summed E-state index contributed by atoms with van der Waals surface area (Å²) in [6, 6.07) is 17.5. The molecule has 0 aromatic heterocycles. The van der Waals surface area contributed by atoms with Gasteiger partial charge in [-0.15, -0.1) is 0 Å². The van der Waals surface area contributed by atoms with Crippen LogP contribution < -0.4 is 5.73 Å². The monoisotopic (exact) mass is 374 g/mol. The first-order valence-corrected chi connectivity index (χ1v) is 8.83. The van der Waals surface area contributed by atoms with Crippen molar-refractivity contribution in [3.63, 3.8) is 0 Å². The number of rotatable bonds is 2. The van der Waals surface area contributed by atoms with Crippen LogP contribution in [0.1, 0.15) is 28.7 Å². The number of amides is 1. The summed E-state index contributed by atoms with van der Waals surface area (Å²) in [7, 11) is 0. The summed E-state index contributed by atoms with van der Waals surface area (Å²) in [5.74, 6) is -1.28. The predicted molar refractivity (Wildman–Crippen MR) is 101 cm³/mol. The number of nitrogens with zero attached hydrogens (tertiary/aromatic N) is 3. The number of primary amides is 1. The van der Waals surface area contributed by atoms with Gasteiger partial charge in [0.05, 0.1) is 18.2 Å². The average molecular weight is 375 g/mol. The molecule has 132 valence electrons. The van der Waals surface area contributed by atoms with Gasteiger partial charge in [0.15, 0.2) is 5.41 Å². The van der Waals surface area contributed by atoms with E-state index in [1.54, 1.807) is 35.4 Å². The minimum atomic E-state index is -1.48. The molecule has 6 heteroatoms. The van der Waals surface area contributed by atoms with E-state index < -0.39 is 29.3 Å². The lowest BCUT2D eigenvalue weighted by Gasteiger charge is -2.34. The summed E-state index contributed by atoms with van der Waals surface area (Å²) in [6.07, 6.45) is 3.65. The molecule has 5 nitrogen and oxygen atoms in total. The molecule has 3 unspecified atom stereocenters. The van der Waals surface area contributed by atoms with Crippen LogP contribution in [0.25, 0.3) is 6.08 Å². The zero-order valence-corrected chi connectivity index (χ0v) is 15.0. The van der Waals surface area contributed by atoms with Gasteiger partial charge in [-0.05, 0) is 34.9 Å². The Morgan fingerprint density at radius 2 is 1.78 bits per heavy atom. The summed E-state index contributed by atoms with van der Waals surface area (Å²) in [5.41, 5.74) is 6.73. The van der Waals surface area contributed by atoms with Crippen molar-refractivity contribution < 1.29 is 4.79 Å². The lowest BCUT2D eigenvalue weighted by Crippen LogP contribution is -2.41. The van der Waals surface area contributed by atoms with Gasteiger partial charge in [0.1, 0.15) is 6.04 Å². The van der Waals surface area contributed by atoms with Gasteiger partial charge in [-0.25, -0.2) is 0 Å². The molecule has 4 rings (SSSR count). The van der Waals surface area contributed by atoms with Gasteiger partial charge >= 0.3 is 0 Å². The molecule has 2 aromatic rings. The Labute approximate surface area is 161 Å². The van der Waals surface area contributed by atoms with Gasteiger partial charge in [-0.1, -0.05) is 48.0 Å². The van der Waals surface area contributed by atoms with E-state index in [1.807, 2.05) is 30.3 Å². The number of carbonyl (C=O) groups excluding carboxylic acids is 1. The van der Waals surface area contributed by atoms with Crippen LogP contribution in [0.4, 0.5) is 0 Å². The third-order valence-electron chi connectivity index (χ3n) is 5.46. The number of nitriles is 2. The van der Waals surface area contributed by atoms with Gasteiger partial charge in [0.2, 0.25) is 5.91 Å². The predicted octanol–water partition coefficient (Wildman–Crippen LogP) is 3.35. The van der Waals surface area contributed by atoms with Crippen molar-refractivity contribution in [2.45, 2.75) is 18.0 Å². The zero-order chi connectivity index (χ0) is 19.2. The second kappa shape index (κ2) is 6.16. The van der Waals surface area contributed by atoms with Crippen LogP contribution in [-0.2, 0) is 4.79 Å². The Hall–Kier alpha value is -3.28. The van der Waals surface area contributed by atoms with Crippen molar-refractivity contribution in [3.8, 4) is 12.1 Å². The second-order valence-electron chi connectivity index (χ2n) is 6.76. The van der Waals surface area contributed by atoms with Gasteiger partial charge in [0.25, 0.3) is 0 Å². The lowest BCUT2D eigenvalue weighted by molar-refractivity contribution is -0.122. The molecule has 1 fully saturated rings. The van der Waals surface area contributed by atoms with Gasteiger partial charge in [-0.2, -0.15) is 10.5 Å². The number of hydrogen-bond acceptors (Lipinski definition) is 4. The van der Waals surface area contributed by atoms with Crippen molar-refractivity contribution >= 4 is 23.6 Å². The molecule has 2 aliphatic rings. The van der Waals surface area contributed by atoms with Gasteiger partial charge < -0.3 is 10.6 Å². The standard InChI is InChI=1S/C21H15ClN4O/c22-15-7-5-14(6-8-15)17-18(20(25)27)26-10-9-13-3-1-2-4-16(13)19(26)21(17,11-23)12-24/h1-10,17-19H,(H2,25,27). The molecule has 2 N–H and O–H groups in total. The highest BCUT2D eigenvalue weighted by atomic mass is 35.5. The number of nitrogens with two attached hydrogens (primary N) is 1.